The SMILES string of the molecule is CCCNC(=O)C(C)n1c(CCCl)nc2ccc(Br)cc21. The zero-order chi connectivity index (χ0) is 15.4. The van der Waals surface area contributed by atoms with Gasteiger partial charge >= 0.3 is 0 Å². The van der Waals surface area contributed by atoms with Crippen molar-refractivity contribution in [1.29, 1.82) is 0 Å². The van der Waals surface area contributed by atoms with Crippen molar-refractivity contribution < 1.29 is 4.79 Å². The smallest absolute Gasteiger partial charge is 0.242 e. The summed E-state index contributed by atoms with van der Waals surface area (Å²) >= 11 is 9.35. The second-order valence-corrected chi connectivity index (χ2v) is 6.23. The van der Waals surface area contributed by atoms with Gasteiger partial charge in [-0.15, -0.1) is 11.6 Å². The maximum absolute atomic E-state index is 12.3. The molecule has 0 spiro atoms. The Kier molecular flexibility index (Phi) is 5.65. The highest BCUT2D eigenvalue weighted by Gasteiger charge is 2.21. The summed E-state index contributed by atoms with van der Waals surface area (Å²) in [5.74, 6) is 1.33. The third kappa shape index (κ3) is 3.58. The summed E-state index contributed by atoms with van der Waals surface area (Å²) in [6.07, 6.45) is 1.56. The van der Waals surface area contributed by atoms with Crippen LogP contribution >= 0.6 is 27.5 Å². The van der Waals surface area contributed by atoms with Gasteiger partial charge in [0.05, 0.1) is 11.0 Å². The zero-order valence-electron chi connectivity index (χ0n) is 12.2. The minimum Gasteiger partial charge on any atom is -0.354 e. The molecule has 0 aliphatic carbocycles. The van der Waals surface area contributed by atoms with Crippen LogP contribution in [-0.4, -0.2) is 27.9 Å². The number of carbonyl (C=O) groups excluding carboxylic acids is 1. The molecule has 6 heteroatoms. The Hall–Kier alpha value is -1.07. The number of fused-ring (bicyclic) bond motifs is 1. The van der Waals surface area contributed by atoms with Gasteiger partial charge in [0.15, 0.2) is 0 Å². The van der Waals surface area contributed by atoms with Gasteiger partial charge in [0.25, 0.3) is 0 Å². The number of benzene rings is 1. The van der Waals surface area contributed by atoms with Gasteiger partial charge in [-0.05, 0) is 31.5 Å². The Morgan fingerprint density at radius 2 is 2.29 bits per heavy atom. The van der Waals surface area contributed by atoms with Gasteiger partial charge in [0.1, 0.15) is 11.9 Å². The first kappa shape index (κ1) is 16.3. The van der Waals surface area contributed by atoms with Gasteiger partial charge in [0, 0.05) is 23.3 Å². The molecule has 2 rings (SSSR count). The lowest BCUT2D eigenvalue weighted by atomic mass is 10.2. The average molecular weight is 373 g/mol. The van der Waals surface area contributed by atoms with E-state index in [2.05, 4.69) is 26.2 Å². The van der Waals surface area contributed by atoms with E-state index < -0.39 is 0 Å². The second-order valence-electron chi connectivity index (χ2n) is 4.94. The number of aryl methyl sites for hydroxylation is 1. The molecular formula is C15H19BrClN3O. The Morgan fingerprint density at radius 1 is 1.52 bits per heavy atom. The molecule has 0 bridgehead atoms. The summed E-state index contributed by atoms with van der Waals surface area (Å²) in [7, 11) is 0. The van der Waals surface area contributed by atoms with E-state index >= 15 is 0 Å². The molecule has 0 saturated carbocycles. The number of carbonyl (C=O) groups is 1. The summed E-state index contributed by atoms with van der Waals surface area (Å²) in [5.41, 5.74) is 1.83. The fraction of sp³-hybridized carbons (Fsp3) is 0.467. The third-order valence-electron chi connectivity index (χ3n) is 3.36. The summed E-state index contributed by atoms with van der Waals surface area (Å²) in [6.45, 7) is 4.61. The molecule has 0 radical (unpaired) electrons. The van der Waals surface area contributed by atoms with E-state index in [1.54, 1.807) is 0 Å². The molecule has 1 N–H and O–H groups in total. The van der Waals surface area contributed by atoms with Crippen molar-refractivity contribution in [3.05, 3.63) is 28.5 Å². The highest BCUT2D eigenvalue weighted by atomic mass is 79.9. The lowest BCUT2D eigenvalue weighted by Crippen LogP contribution is -2.32. The number of nitrogens with one attached hydrogen (secondary N) is 1. The van der Waals surface area contributed by atoms with Crippen molar-refractivity contribution in [1.82, 2.24) is 14.9 Å². The van der Waals surface area contributed by atoms with Crippen LogP contribution in [-0.2, 0) is 11.2 Å². The Labute approximate surface area is 138 Å². The molecule has 114 valence electrons. The molecule has 1 unspecified atom stereocenters. The first-order valence-electron chi connectivity index (χ1n) is 7.08. The van der Waals surface area contributed by atoms with Crippen LogP contribution in [0.1, 0.15) is 32.1 Å². The molecule has 2 aromatic rings. The minimum atomic E-state index is -0.311. The second kappa shape index (κ2) is 7.27. The van der Waals surface area contributed by atoms with Crippen LogP contribution in [0.25, 0.3) is 11.0 Å². The molecule has 0 fully saturated rings. The van der Waals surface area contributed by atoms with Gasteiger partial charge in [-0.25, -0.2) is 4.98 Å². The van der Waals surface area contributed by atoms with E-state index in [-0.39, 0.29) is 11.9 Å². The van der Waals surface area contributed by atoms with Crippen LogP contribution < -0.4 is 5.32 Å². The van der Waals surface area contributed by atoms with Crippen LogP contribution in [0, 0.1) is 0 Å². The highest BCUT2D eigenvalue weighted by molar-refractivity contribution is 9.10. The largest absolute Gasteiger partial charge is 0.354 e. The number of nitrogens with zero attached hydrogens (tertiary/aromatic N) is 2. The lowest BCUT2D eigenvalue weighted by molar-refractivity contribution is -0.123. The van der Waals surface area contributed by atoms with E-state index in [0.717, 1.165) is 27.8 Å². The Morgan fingerprint density at radius 3 is 2.95 bits per heavy atom. The first-order chi connectivity index (χ1) is 10.1. The van der Waals surface area contributed by atoms with Crippen molar-refractivity contribution in [3.63, 3.8) is 0 Å². The highest BCUT2D eigenvalue weighted by Crippen LogP contribution is 2.25. The molecule has 21 heavy (non-hydrogen) atoms. The van der Waals surface area contributed by atoms with Crippen molar-refractivity contribution >= 4 is 44.5 Å². The third-order valence-corrected chi connectivity index (χ3v) is 4.04. The Bertz CT molecular complexity index is 641. The number of aromatic nitrogens is 2. The molecule has 1 atom stereocenters. The lowest BCUT2D eigenvalue weighted by Gasteiger charge is -2.17. The number of amides is 1. The molecule has 0 aliphatic rings. The quantitative estimate of drug-likeness (QED) is 0.787. The molecule has 4 nitrogen and oxygen atoms in total. The van der Waals surface area contributed by atoms with E-state index in [1.807, 2.05) is 36.6 Å². The normalized spacial score (nSPS) is 12.6. The standard InChI is InChI=1S/C15H19BrClN3O/c1-3-8-18-15(21)10(2)20-13-9-11(16)4-5-12(13)19-14(20)6-7-17/h4-5,9-10H,3,6-8H2,1-2H3,(H,18,21). The minimum absolute atomic E-state index is 0.00643. The maximum atomic E-state index is 12.3. The topological polar surface area (TPSA) is 46.9 Å². The van der Waals surface area contributed by atoms with Gasteiger partial charge in [-0.3, -0.25) is 4.79 Å². The van der Waals surface area contributed by atoms with Crippen LogP contribution in [0.2, 0.25) is 0 Å². The van der Waals surface area contributed by atoms with Gasteiger partial charge in [-0.2, -0.15) is 0 Å². The number of alkyl halides is 1. The number of hydrogen-bond acceptors (Lipinski definition) is 2. The van der Waals surface area contributed by atoms with Crippen LogP contribution in [0.5, 0.6) is 0 Å². The number of halogens is 2. The molecule has 1 aromatic carbocycles. The maximum Gasteiger partial charge on any atom is 0.242 e. The number of rotatable bonds is 6. The van der Waals surface area contributed by atoms with Crippen molar-refractivity contribution in [3.8, 4) is 0 Å². The van der Waals surface area contributed by atoms with Gasteiger partial charge in [-0.1, -0.05) is 22.9 Å². The van der Waals surface area contributed by atoms with Crippen LogP contribution in [0.15, 0.2) is 22.7 Å². The zero-order valence-corrected chi connectivity index (χ0v) is 14.5. The van der Waals surface area contributed by atoms with Crippen LogP contribution in [0.3, 0.4) is 0 Å². The molecule has 1 amide bonds. The molecular weight excluding hydrogens is 354 g/mol. The van der Waals surface area contributed by atoms with E-state index in [1.165, 1.54) is 0 Å². The van der Waals surface area contributed by atoms with Crippen molar-refractivity contribution in [2.75, 3.05) is 12.4 Å². The van der Waals surface area contributed by atoms with Gasteiger partial charge in [0.2, 0.25) is 5.91 Å². The first-order valence-corrected chi connectivity index (χ1v) is 8.41. The molecule has 0 aliphatic heterocycles. The van der Waals surface area contributed by atoms with E-state index in [4.69, 9.17) is 11.6 Å². The molecule has 1 aromatic heterocycles. The summed E-state index contributed by atoms with van der Waals surface area (Å²) in [6, 6.07) is 5.58. The van der Waals surface area contributed by atoms with Gasteiger partial charge < -0.3 is 9.88 Å². The van der Waals surface area contributed by atoms with Crippen molar-refractivity contribution in [2.24, 2.45) is 0 Å². The molecule has 0 saturated heterocycles. The number of imidazole rings is 1. The van der Waals surface area contributed by atoms with Crippen molar-refractivity contribution in [2.45, 2.75) is 32.7 Å². The monoisotopic (exact) mass is 371 g/mol. The fourth-order valence-electron chi connectivity index (χ4n) is 2.32. The number of hydrogen-bond donors (Lipinski definition) is 1. The van der Waals surface area contributed by atoms with E-state index in [9.17, 15) is 4.79 Å². The average Bonchev–Trinajstić information content (AvgIpc) is 2.81. The fourth-order valence-corrected chi connectivity index (χ4v) is 2.84. The summed E-state index contributed by atoms with van der Waals surface area (Å²) in [5, 5.41) is 2.94. The predicted octanol–water partition coefficient (Wildman–Crippen LogP) is 3.67. The molecule has 1 heterocycles. The summed E-state index contributed by atoms with van der Waals surface area (Å²) in [4.78, 5) is 16.9. The Balaban J connectivity index is 2.45. The summed E-state index contributed by atoms with van der Waals surface area (Å²) < 4.78 is 2.95. The van der Waals surface area contributed by atoms with Crippen LogP contribution in [0.4, 0.5) is 0 Å². The van der Waals surface area contributed by atoms with E-state index in [0.29, 0.717) is 18.8 Å². The predicted molar refractivity (Wildman–Crippen MR) is 89.9 cm³/mol.